The summed E-state index contributed by atoms with van der Waals surface area (Å²) in [5.74, 6) is 0.701. The second-order valence-corrected chi connectivity index (χ2v) is 4.68. The van der Waals surface area contributed by atoms with Crippen LogP contribution in [0.3, 0.4) is 0 Å². The van der Waals surface area contributed by atoms with E-state index in [9.17, 15) is 5.11 Å². The highest BCUT2D eigenvalue weighted by molar-refractivity contribution is 6.32. The zero-order chi connectivity index (χ0) is 12.7. The molecule has 1 atom stereocenters. The maximum atomic E-state index is 9.41. The summed E-state index contributed by atoms with van der Waals surface area (Å²) in [4.78, 5) is 0. The standard InChI is InChI=1S/C14H21ClO2/c1-3-4-5-6-9-17-14-8-7-12(11(2)16)10-13(14)15/h7-8,10-11,16H,3-6,9H2,1-2H3/t11-/m0/s1. The van der Waals surface area contributed by atoms with Gasteiger partial charge in [0.1, 0.15) is 5.75 Å². The molecule has 0 aromatic heterocycles. The zero-order valence-corrected chi connectivity index (χ0v) is 11.3. The van der Waals surface area contributed by atoms with Crippen molar-refractivity contribution in [2.24, 2.45) is 0 Å². The first-order chi connectivity index (χ1) is 8.15. The van der Waals surface area contributed by atoms with Crippen molar-refractivity contribution in [2.45, 2.75) is 45.6 Å². The number of ether oxygens (including phenoxy) is 1. The minimum absolute atomic E-state index is 0.494. The van der Waals surface area contributed by atoms with Gasteiger partial charge in [-0.25, -0.2) is 0 Å². The number of unbranched alkanes of at least 4 members (excludes halogenated alkanes) is 3. The molecule has 0 heterocycles. The van der Waals surface area contributed by atoms with Crippen LogP contribution in [-0.4, -0.2) is 11.7 Å². The fourth-order valence-electron chi connectivity index (χ4n) is 1.60. The molecule has 1 N–H and O–H groups in total. The summed E-state index contributed by atoms with van der Waals surface area (Å²) < 4.78 is 5.60. The van der Waals surface area contributed by atoms with Crippen molar-refractivity contribution in [1.82, 2.24) is 0 Å². The summed E-state index contributed by atoms with van der Waals surface area (Å²) in [5, 5.41) is 9.98. The van der Waals surface area contributed by atoms with Crippen LogP contribution in [0.5, 0.6) is 5.75 Å². The normalized spacial score (nSPS) is 12.5. The minimum atomic E-state index is -0.494. The molecule has 0 bridgehead atoms. The molecule has 0 unspecified atom stereocenters. The molecule has 0 aliphatic carbocycles. The lowest BCUT2D eigenvalue weighted by Crippen LogP contribution is -1.99. The molecule has 2 nitrogen and oxygen atoms in total. The van der Waals surface area contributed by atoms with Crippen molar-refractivity contribution in [3.05, 3.63) is 28.8 Å². The SMILES string of the molecule is CCCCCCOc1ccc([C@H](C)O)cc1Cl. The van der Waals surface area contributed by atoms with Gasteiger partial charge >= 0.3 is 0 Å². The van der Waals surface area contributed by atoms with Gasteiger partial charge in [0.15, 0.2) is 0 Å². The summed E-state index contributed by atoms with van der Waals surface area (Å²) in [6.45, 7) is 4.61. The number of rotatable bonds is 7. The van der Waals surface area contributed by atoms with Gasteiger partial charge in [-0.2, -0.15) is 0 Å². The molecule has 0 spiro atoms. The fourth-order valence-corrected chi connectivity index (χ4v) is 1.85. The van der Waals surface area contributed by atoms with E-state index in [0.717, 1.165) is 12.0 Å². The van der Waals surface area contributed by atoms with E-state index in [2.05, 4.69) is 6.92 Å². The highest BCUT2D eigenvalue weighted by atomic mass is 35.5. The molecule has 1 aromatic carbocycles. The van der Waals surface area contributed by atoms with Gasteiger partial charge in [-0.05, 0) is 31.0 Å². The molecule has 0 aliphatic heterocycles. The molecule has 0 amide bonds. The van der Waals surface area contributed by atoms with E-state index >= 15 is 0 Å². The molecule has 0 saturated heterocycles. The van der Waals surface area contributed by atoms with Crippen LogP contribution in [0.15, 0.2) is 18.2 Å². The Bertz CT molecular complexity index is 337. The van der Waals surface area contributed by atoms with Crippen LogP contribution >= 0.6 is 11.6 Å². The lowest BCUT2D eigenvalue weighted by molar-refractivity contribution is 0.199. The molecule has 0 radical (unpaired) electrons. The van der Waals surface area contributed by atoms with Crippen molar-refractivity contribution >= 4 is 11.6 Å². The van der Waals surface area contributed by atoms with Gasteiger partial charge in [-0.15, -0.1) is 0 Å². The Labute approximate surface area is 109 Å². The topological polar surface area (TPSA) is 29.5 Å². The third-order valence-corrected chi connectivity index (χ3v) is 2.99. The van der Waals surface area contributed by atoms with E-state index in [1.54, 1.807) is 13.0 Å². The number of halogens is 1. The third kappa shape index (κ3) is 4.97. The van der Waals surface area contributed by atoms with Gasteiger partial charge in [-0.3, -0.25) is 0 Å². The number of aliphatic hydroxyl groups excluding tert-OH is 1. The summed E-state index contributed by atoms with van der Waals surface area (Å²) in [6, 6.07) is 5.43. The van der Waals surface area contributed by atoms with Crippen LogP contribution in [0.25, 0.3) is 0 Å². The van der Waals surface area contributed by atoms with Crippen molar-refractivity contribution in [3.8, 4) is 5.75 Å². The van der Waals surface area contributed by atoms with Crippen molar-refractivity contribution in [3.63, 3.8) is 0 Å². The quantitative estimate of drug-likeness (QED) is 0.735. The Kier molecular flexibility index (Phi) is 6.38. The third-order valence-electron chi connectivity index (χ3n) is 2.69. The summed E-state index contributed by atoms with van der Waals surface area (Å²) in [5.41, 5.74) is 0.813. The molecular weight excluding hydrogens is 236 g/mol. The summed E-state index contributed by atoms with van der Waals surface area (Å²) in [7, 11) is 0. The Balaban J connectivity index is 2.43. The molecule has 17 heavy (non-hydrogen) atoms. The lowest BCUT2D eigenvalue weighted by atomic mass is 10.1. The largest absolute Gasteiger partial charge is 0.492 e. The molecule has 1 aromatic rings. The Morgan fingerprint density at radius 1 is 1.29 bits per heavy atom. The van der Waals surface area contributed by atoms with Crippen LogP contribution in [0.1, 0.15) is 51.2 Å². The van der Waals surface area contributed by atoms with E-state index in [4.69, 9.17) is 16.3 Å². The molecule has 1 rings (SSSR count). The average molecular weight is 257 g/mol. The Hall–Kier alpha value is -0.730. The molecule has 0 aliphatic rings. The van der Waals surface area contributed by atoms with Gasteiger partial charge in [0.25, 0.3) is 0 Å². The number of hydrogen-bond donors (Lipinski definition) is 1. The molecule has 0 fully saturated rings. The highest BCUT2D eigenvalue weighted by Crippen LogP contribution is 2.28. The molecule has 96 valence electrons. The first-order valence-corrected chi connectivity index (χ1v) is 6.63. The zero-order valence-electron chi connectivity index (χ0n) is 10.6. The molecular formula is C14H21ClO2. The predicted octanol–water partition coefficient (Wildman–Crippen LogP) is 4.35. The lowest BCUT2D eigenvalue weighted by Gasteiger charge is -2.10. The Morgan fingerprint density at radius 2 is 2.06 bits per heavy atom. The van der Waals surface area contributed by atoms with Gasteiger partial charge in [0.2, 0.25) is 0 Å². The van der Waals surface area contributed by atoms with Crippen molar-refractivity contribution in [2.75, 3.05) is 6.61 Å². The van der Waals surface area contributed by atoms with E-state index in [1.807, 2.05) is 12.1 Å². The van der Waals surface area contributed by atoms with Crippen LogP contribution in [-0.2, 0) is 0 Å². The second kappa shape index (κ2) is 7.57. The number of hydrogen-bond acceptors (Lipinski definition) is 2. The first kappa shape index (κ1) is 14.3. The van der Waals surface area contributed by atoms with Crippen LogP contribution in [0, 0.1) is 0 Å². The number of aliphatic hydroxyl groups is 1. The Morgan fingerprint density at radius 3 is 2.65 bits per heavy atom. The van der Waals surface area contributed by atoms with Gasteiger partial charge < -0.3 is 9.84 Å². The fraction of sp³-hybridized carbons (Fsp3) is 0.571. The maximum absolute atomic E-state index is 9.41. The van der Waals surface area contributed by atoms with Crippen LogP contribution in [0.4, 0.5) is 0 Å². The minimum Gasteiger partial charge on any atom is -0.492 e. The van der Waals surface area contributed by atoms with Crippen molar-refractivity contribution < 1.29 is 9.84 Å². The van der Waals surface area contributed by atoms with E-state index in [1.165, 1.54) is 19.3 Å². The predicted molar refractivity (Wildman–Crippen MR) is 71.7 cm³/mol. The average Bonchev–Trinajstić information content (AvgIpc) is 2.30. The smallest absolute Gasteiger partial charge is 0.137 e. The molecule has 3 heteroatoms. The number of benzene rings is 1. The van der Waals surface area contributed by atoms with Gasteiger partial charge in [0.05, 0.1) is 17.7 Å². The van der Waals surface area contributed by atoms with Crippen LogP contribution < -0.4 is 4.74 Å². The summed E-state index contributed by atoms with van der Waals surface area (Å²) >= 11 is 6.08. The monoisotopic (exact) mass is 256 g/mol. The summed E-state index contributed by atoms with van der Waals surface area (Å²) in [6.07, 6.45) is 4.23. The first-order valence-electron chi connectivity index (χ1n) is 6.25. The van der Waals surface area contributed by atoms with E-state index in [0.29, 0.717) is 17.4 Å². The highest BCUT2D eigenvalue weighted by Gasteiger charge is 2.06. The maximum Gasteiger partial charge on any atom is 0.137 e. The van der Waals surface area contributed by atoms with Crippen LogP contribution in [0.2, 0.25) is 5.02 Å². The van der Waals surface area contributed by atoms with E-state index < -0.39 is 6.10 Å². The molecule has 0 saturated carbocycles. The van der Waals surface area contributed by atoms with Gasteiger partial charge in [-0.1, -0.05) is 43.9 Å². The second-order valence-electron chi connectivity index (χ2n) is 4.27. The van der Waals surface area contributed by atoms with Crippen molar-refractivity contribution in [1.29, 1.82) is 0 Å². The van der Waals surface area contributed by atoms with Gasteiger partial charge in [0, 0.05) is 0 Å². The van der Waals surface area contributed by atoms with E-state index in [-0.39, 0.29) is 0 Å².